The van der Waals surface area contributed by atoms with Gasteiger partial charge < -0.3 is 25.2 Å². The molecule has 0 aliphatic rings. The summed E-state index contributed by atoms with van der Waals surface area (Å²) >= 11 is 1.32. The minimum absolute atomic E-state index is 0.0414. The van der Waals surface area contributed by atoms with E-state index >= 15 is 0 Å². The van der Waals surface area contributed by atoms with Gasteiger partial charge in [0, 0.05) is 27.8 Å². The van der Waals surface area contributed by atoms with Crippen molar-refractivity contribution in [2.24, 2.45) is 0 Å². The highest BCUT2D eigenvalue weighted by Crippen LogP contribution is 2.27. The number of ether oxygens (including phenoxy) is 1. The van der Waals surface area contributed by atoms with Gasteiger partial charge in [0.15, 0.2) is 5.82 Å². The van der Waals surface area contributed by atoms with Gasteiger partial charge in [0.25, 0.3) is 11.8 Å². The number of hydrogen-bond acceptors (Lipinski definition) is 7. The average Bonchev–Trinajstić information content (AvgIpc) is 3.38. The molecule has 3 N–H and O–H groups in total. The summed E-state index contributed by atoms with van der Waals surface area (Å²) < 4.78 is 10.7. The van der Waals surface area contributed by atoms with Crippen LogP contribution < -0.4 is 20.7 Å². The number of anilines is 2. The number of aryl methyl sites for hydroxylation is 1. The van der Waals surface area contributed by atoms with E-state index in [9.17, 15) is 14.4 Å². The summed E-state index contributed by atoms with van der Waals surface area (Å²) in [5.41, 5.74) is 1.59. The predicted molar refractivity (Wildman–Crippen MR) is 160 cm³/mol. The molecule has 1 heterocycles. The molecule has 0 aliphatic carbocycles. The Morgan fingerprint density at radius 1 is 0.976 bits per heavy atom. The summed E-state index contributed by atoms with van der Waals surface area (Å²) in [5.74, 6) is 0.352. The minimum Gasteiger partial charge on any atom is -0.493 e. The predicted octanol–water partition coefficient (Wildman–Crippen LogP) is 5.91. The molecule has 4 aromatic rings. The molecule has 0 aliphatic heterocycles. The van der Waals surface area contributed by atoms with Gasteiger partial charge in [-0.2, -0.15) is 0 Å². The maximum atomic E-state index is 13.5. The van der Waals surface area contributed by atoms with E-state index < -0.39 is 17.1 Å². The SMILES string of the molecule is CCOc1ccccc1/C=C(/NC(=O)c1ccccc1)C(=O)Nc1cccc(SC(C)C(=O)Nc2cc(C)on2)c1. The van der Waals surface area contributed by atoms with E-state index in [4.69, 9.17) is 9.26 Å². The maximum absolute atomic E-state index is 13.5. The molecule has 4 rings (SSSR count). The van der Waals surface area contributed by atoms with Gasteiger partial charge >= 0.3 is 0 Å². The van der Waals surface area contributed by atoms with Crippen molar-refractivity contribution in [2.45, 2.75) is 30.9 Å². The van der Waals surface area contributed by atoms with Crippen LogP contribution in [-0.4, -0.2) is 34.7 Å². The smallest absolute Gasteiger partial charge is 0.272 e. The van der Waals surface area contributed by atoms with Crippen molar-refractivity contribution >= 4 is 47.1 Å². The quantitative estimate of drug-likeness (QED) is 0.151. The number of thioether (sulfide) groups is 1. The Hall–Kier alpha value is -4.83. The first-order valence-corrected chi connectivity index (χ1v) is 13.8. The van der Waals surface area contributed by atoms with Crippen LogP contribution in [0.25, 0.3) is 6.08 Å². The number of para-hydroxylation sites is 1. The van der Waals surface area contributed by atoms with Crippen molar-refractivity contribution < 1.29 is 23.6 Å². The van der Waals surface area contributed by atoms with E-state index in [-0.39, 0.29) is 11.6 Å². The lowest BCUT2D eigenvalue weighted by molar-refractivity contribution is -0.115. The number of aromatic nitrogens is 1. The lowest BCUT2D eigenvalue weighted by atomic mass is 10.1. The molecule has 0 radical (unpaired) electrons. The lowest BCUT2D eigenvalue weighted by Crippen LogP contribution is -2.30. The van der Waals surface area contributed by atoms with Crippen LogP contribution in [0.4, 0.5) is 11.5 Å². The zero-order valence-electron chi connectivity index (χ0n) is 22.8. The van der Waals surface area contributed by atoms with Crippen LogP contribution in [0.5, 0.6) is 5.75 Å². The van der Waals surface area contributed by atoms with Crippen LogP contribution in [0.15, 0.2) is 100 Å². The first kappa shape index (κ1) is 29.2. The zero-order valence-corrected chi connectivity index (χ0v) is 23.7. The fraction of sp³-hybridized carbons (Fsp3) is 0.161. The number of rotatable bonds is 11. The van der Waals surface area contributed by atoms with Gasteiger partial charge in [0.1, 0.15) is 17.2 Å². The second-order valence-corrected chi connectivity index (χ2v) is 10.3. The maximum Gasteiger partial charge on any atom is 0.272 e. The molecule has 210 valence electrons. The Kier molecular flexibility index (Phi) is 9.95. The third-order valence-electron chi connectivity index (χ3n) is 5.70. The van der Waals surface area contributed by atoms with Crippen molar-refractivity contribution in [3.63, 3.8) is 0 Å². The Bertz CT molecular complexity index is 1550. The largest absolute Gasteiger partial charge is 0.493 e. The highest BCUT2D eigenvalue weighted by molar-refractivity contribution is 8.00. The Morgan fingerprint density at radius 3 is 2.46 bits per heavy atom. The Balaban J connectivity index is 1.52. The molecule has 0 fully saturated rings. The van der Waals surface area contributed by atoms with Gasteiger partial charge in [-0.15, -0.1) is 11.8 Å². The zero-order chi connectivity index (χ0) is 29.2. The molecule has 41 heavy (non-hydrogen) atoms. The third kappa shape index (κ3) is 8.33. The normalized spacial score (nSPS) is 11.8. The van der Waals surface area contributed by atoms with Gasteiger partial charge in [-0.3, -0.25) is 14.4 Å². The minimum atomic E-state index is -0.519. The molecular formula is C31H30N4O5S. The second kappa shape index (κ2) is 14.0. The molecule has 0 bridgehead atoms. The molecule has 0 saturated carbocycles. The fourth-order valence-corrected chi connectivity index (χ4v) is 4.67. The topological polar surface area (TPSA) is 123 Å². The standard InChI is InChI=1S/C31H30N4O5S/c1-4-39-27-16-9-8-13-23(27)18-26(33-30(37)22-11-6-5-7-12-22)31(38)32-24-14-10-15-25(19-24)41-21(3)29(36)34-28-17-20(2)40-35-28/h5-19,21H,4H2,1-3H3,(H,32,38)(H,33,37)(H,34,35,36)/b26-18+. The van der Waals surface area contributed by atoms with Gasteiger partial charge in [-0.1, -0.05) is 47.6 Å². The van der Waals surface area contributed by atoms with E-state index in [2.05, 4.69) is 21.1 Å². The molecule has 1 aromatic heterocycles. The van der Waals surface area contributed by atoms with Crippen molar-refractivity contribution in [1.29, 1.82) is 0 Å². The molecule has 10 heteroatoms. The summed E-state index contributed by atoms with van der Waals surface area (Å²) in [5, 5.41) is 11.7. The molecule has 3 amide bonds. The van der Waals surface area contributed by atoms with Crippen LogP contribution >= 0.6 is 11.8 Å². The summed E-state index contributed by atoms with van der Waals surface area (Å²) in [7, 11) is 0. The first-order chi connectivity index (χ1) is 19.8. The van der Waals surface area contributed by atoms with Gasteiger partial charge in [-0.25, -0.2) is 0 Å². The first-order valence-electron chi connectivity index (χ1n) is 12.9. The number of carbonyl (C=O) groups is 3. The van der Waals surface area contributed by atoms with Crippen LogP contribution in [0, 0.1) is 6.92 Å². The molecule has 1 unspecified atom stereocenters. The molecule has 1 atom stereocenters. The lowest BCUT2D eigenvalue weighted by Gasteiger charge is -2.14. The number of amides is 3. The van der Waals surface area contributed by atoms with E-state index in [0.29, 0.717) is 40.7 Å². The Labute approximate surface area is 242 Å². The van der Waals surface area contributed by atoms with Gasteiger partial charge in [-0.05, 0) is 63.2 Å². The number of nitrogens with one attached hydrogen (secondary N) is 3. The van der Waals surface area contributed by atoms with Crippen LogP contribution in [0.1, 0.15) is 35.5 Å². The molecule has 3 aromatic carbocycles. The van der Waals surface area contributed by atoms with E-state index in [1.807, 2.05) is 31.2 Å². The molecule has 0 saturated heterocycles. The third-order valence-corrected chi connectivity index (χ3v) is 6.79. The fourth-order valence-electron chi connectivity index (χ4n) is 3.74. The monoisotopic (exact) mass is 570 g/mol. The van der Waals surface area contributed by atoms with Crippen molar-refractivity contribution in [3.8, 4) is 5.75 Å². The number of nitrogens with zero attached hydrogens (tertiary/aromatic N) is 1. The summed E-state index contributed by atoms with van der Waals surface area (Å²) in [4.78, 5) is 39.8. The highest BCUT2D eigenvalue weighted by Gasteiger charge is 2.18. The van der Waals surface area contributed by atoms with E-state index in [0.717, 1.165) is 4.90 Å². The second-order valence-electron chi connectivity index (χ2n) is 8.90. The van der Waals surface area contributed by atoms with Crippen molar-refractivity contribution in [1.82, 2.24) is 10.5 Å². The van der Waals surface area contributed by atoms with E-state index in [1.54, 1.807) is 80.6 Å². The summed E-state index contributed by atoms with van der Waals surface area (Å²) in [6.07, 6.45) is 1.58. The molecule has 9 nitrogen and oxygen atoms in total. The number of benzene rings is 3. The molecular weight excluding hydrogens is 540 g/mol. The van der Waals surface area contributed by atoms with Crippen LogP contribution in [0.3, 0.4) is 0 Å². The Morgan fingerprint density at radius 2 is 1.73 bits per heavy atom. The van der Waals surface area contributed by atoms with E-state index in [1.165, 1.54) is 11.8 Å². The summed E-state index contributed by atoms with van der Waals surface area (Å²) in [6, 6.07) is 24.7. The molecule has 0 spiro atoms. The summed E-state index contributed by atoms with van der Waals surface area (Å²) in [6.45, 7) is 5.83. The van der Waals surface area contributed by atoms with Gasteiger partial charge in [0.2, 0.25) is 5.91 Å². The number of carbonyl (C=O) groups excluding carboxylic acids is 3. The average molecular weight is 571 g/mol. The van der Waals surface area contributed by atoms with Crippen molar-refractivity contribution in [3.05, 3.63) is 108 Å². The van der Waals surface area contributed by atoms with Gasteiger partial charge in [0.05, 0.1) is 11.9 Å². The van der Waals surface area contributed by atoms with Crippen LogP contribution in [0.2, 0.25) is 0 Å². The number of hydrogen-bond donors (Lipinski definition) is 3. The van der Waals surface area contributed by atoms with Crippen LogP contribution in [-0.2, 0) is 9.59 Å². The highest BCUT2D eigenvalue weighted by atomic mass is 32.2. The van der Waals surface area contributed by atoms with Crippen molar-refractivity contribution in [2.75, 3.05) is 17.2 Å².